The first-order valence-corrected chi connectivity index (χ1v) is 5.50. The van der Waals surface area contributed by atoms with Gasteiger partial charge in [-0.25, -0.2) is 4.39 Å². The molecule has 0 saturated carbocycles. The summed E-state index contributed by atoms with van der Waals surface area (Å²) in [4.78, 5) is 2.12. The van der Waals surface area contributed by atoms with Crippen LogP contribution in [0.3, 0.4) is 0 Å². The average Bonchev–Trinajstić information content (AvgIpc) is 2.19. The Morgan fingerprint density at radius 1 is 1.43 bits per heavy atom. The minimum atomic E-state index is -0.292. The summed E-state index contributed by atoms with van der Waals surface area (Å²) < 4.78 is 25.0. The summed E-state index contributed by atoms with van der Waals surface area (Å²) in [6.07, 6.45) is 1.85. The molecule has 0 unspecified atom stereocenters. The van der Waals surface area contributed by atoms with Gasteiger partial charge in [-0.1, -0.05) is 13.8 Å². The predicted octanol–water partition coefficient (Wildman–Crippen LogP) is 2.66. The topological polar surface area (TPSA) is 3.24 Å². The molecule has 0 N–H and O–H groups in total. The summed E-state index contributed by atoms with van der Waals surface area (Å²) >= 11 is 0. The van der Waals surface area contributed by atoms with Crippen molar-refractivity contribution < 1.29 is 8.78 Å². The van der Waals surface area contributed by atoms with Crippen LogP contribution in [-0.4, -0.2) is 37.9 Å². The molecular weight excluding hydrogens is 184 g/mol. The van der Waals surface area contributed by atoms with Gasteiger partial charge in [-0.3, -0.25) is 4.39 Å². The van der Waals surface area contributed by atoms with Crippen LogP contribution in [0.4, 0.5) is 8.78 Å². The molecule has 2 atom stereocenters. The highest BCUT2D eigenvalue weighted by molar-refractivity contribution is 4.89. The highest BCUT2D eigenvalue weighted by Crippen LogP contribution is 2.38. The van der Waals surface area contributed by atoms with Gasteiger partial charge in [0.15, 0.2) is 0 Å². The van der Waals surface area contributed by atoms with Gasteiger partial charge in [0, 0.05) is 13.1 Å². The first-order valence-electron chi connectivity index (χ1n) is 5.50. The number of halogens is 2. The Hall–Kier alpha value is -0.180. The smallest absolute Gasteiger partial charge is 0.102 e. The van der Waals surface area contributed by atoms with Gasteiger partial charge >= 0.3 is 0 Å². The van der Waals surface area contributed by atoms with Crippen LogP contribution in [0.5, 0.6) is 0 Å². The van der Waals surface area contributed by atoms with E-state index < -0.39 is 0 Å². The van der Waals surface area contributed by atoms with Crippen LogP contribution in [0, 0.1) is 11.3 Å². The molecule has 1 aliphatic heterocycles. The van der Waals surface area contributed by atoms with Crippen molar-refractivity contribution in [1.82, 2.24) is 4.90 Å². The third-order valence-electron chi connectivity index (χ3n) is 3.76. The number of hydrogen-bond acceptors (Lipinski definition) is 1. The fraction of sp³-hybridized carbons (Fsp3) is 1.00. The monoisotopic (exact) mass is 205 g/mol. The van der Waals surface area contributed by atoms with E-state index in [0.29, 0.717) is 6.54 Å². The third-order valence-corrected chi connectivity index (χ3v) is 3.76. The summed E-state index contributed by atoms with van der Waals surface area (Å²) in [5, 5.41) is 0. The van der Waals surface area contributed by atoms with Crippen LogP contribution in [0.2, 0.25) is 0 Å². The quantitative estimate of drug-likeness (QED) is 0.682. The fourth-order valence-corrected chi connectivity index (χ4v) is 2.38. The van der Waals surface area contributed by atoms with Crippen LogP contribution in [-0.2, 0) is 0 Å². The summed E-state index contributed by atoms with van der Waals surface area (Å²) in [6, 6.07) is 0. The third kappa shape index (κ3) is 2.44. The van der Waals surface area contributed by atoms with Crippen molar-refractivity contribution in [2.45, 2.75) is 26.7 Å². The van der Waals surface area contributed by atoms with E-state index in [1.807, 2.05) is 0 Å². The van der Waals surface area contributed by atoms with Crippen molar-refractivity contribution in [3.63, 3.8) is 0 Å². The first-order chi connectivity index (χ1) is 6.66. The van der Waals surface area contributed by atoms with Gasteiger partial charge in [-0.2, -0.15) is 0 Å². The van der Waals surface area contributed by atoms with E-state index in [0.717, 1.165) is 25.9 Å². The Morgan fingerprint density at radius 2 is 2.14 bits per heavy atom. The molecular formula is C11H21F2N. The number of hydrogen-bond donors (Lipinski definition) is 0. The van der Waals surface area contributed by atoms with E-state index in [4.69, 9.17) is 0 Å². The number of likely N-dealkylation sites (tertiary alicyclic amines) is 1. The van der Waals surface area contributed by atoms with E-state index in [-0.39, 0.29) is 24.7 Å². The fourth-order valence-electron chi connectivity index (χ4n) is 2.38. The summed E-state index contributed by atoms with van der Waals surface area (Å²) in [6.45, 7) is 5.92. The second-order valence-electron chi connectivity index (χ2n) is 4.61. The van der Waals surface area contributed by atoms with Crippen molar-refractivity contribution in [3.05, 3.63) is 0 Å². The molecule has 1 saturated heterocycles. The molecule has 14 heavy (non-hydrogen) atoms. The maximum Gasteiger partial charge on any atom is 0.102 e. The molecule has 1 nitrogen and oxygen atoms in total. The minimum absolute atomic E-state index is 0.0438. The van der Waals surface area contributed by atoms with Gasteiger partial charge in [-0.15, -0.1) is 0 Å². The zero-order chi connectivity index (χ0) is 10.6. The molecule has 0 aromatic heterocycles. The van der Waals surface area contributed by atoms with Crippen molar-refractivity contribution in [1.29, 1.82) is 0 Å². The molecule has 0 spiro atoms. The zero-order valence-electron chi connectivity index (χ0n) is 9.23. The Labute approximate surface area is 85.5 Å². The van der Waals surface area contributed by atoms with Gasteiger partial charge in [0.05, 0.1) is 6.67 Å². The van der Waals surface area contributed by atoms with Gasteiger partial charge in [-0.05, 0) is 30.7 Å². The van der Waals surface area contributed by atoms with Gasteiger partial charge in [0.25, 0.3) is 0 Å². The Balaban J connectivity index is 2.57. The molecule has 84 valence electrons. The molecule has 0 aromatic rings. The van der Waals surface area contributed by atoms with Crippen molar-refractivity contribution in [2.75, 3.05) is 33.0 Å². The van der Waals surface area contributed by atoms with E-state index in [1.54, 1.807) is 0 Å². The largest absolute Gasteiger partial charge is 0.300 e. The van der Waals surface area contributed by atoms with Gasteiger partial charge in [0.1, 0.15) is 6.67 Å². The average molecular weight is 205 g/mol. The van der Waals surface area contributed by atoms with Gasteiger partial charge in [0.2, 0.25) is 0 Å². The second-order valence-corrected chi connectivity index (χ2v) is 4.61. The zero-order valence-corrected chi connectivity index (χ0v) is 9.23. The Bertz CT molecular complexity index is 175. The SMILES string of the molecule is CC[C@]1(C)CN(CCF)CC[C@@H]1CF. The Morgan fingerprint density at radius 3 is 2.64 bits per heavy atom. The maximum absolute atomic E-state index is 12.8. The van der Waals surface area contributed by atoms with Crippen LogP contribution >= 0.6 is 0 Å². The van der Waals surface area contributed by atoms with E-state index in [2.05, 4.69) is 18.7 Å². The summed E-state index contributed by atoms with van der Waals surface area (Å²) in [5.41, 5.74) is 0.0438. The second kappa shape index (κ2) is 5.06. The standard InChI is InChI=1S/C11H21F2N/c1-3-11(2)9-14(7-5-12)6-4-10(11)8-13/h10H,3-9H2,1-2H3/t10-,11-/m1/s1. The number of nitrogens with zero attached hydrogens (tertiary/aromatic N) is 1. The Kier molecular flexibility index (Phi) is 4.30. The molecule has 1 rings (SSSR count). The number of alkyl halides is 2. The molecule has 0 bridgehead atoms. The molecule has 3 heteroatoms. The molecule has 1 fully saturated rings. The molecule has 0 amide bonds. The van der Waals surface area contributed by atoms with Crippen molar-refractivity contribution in [2.24, 2.45) is 11.3 Å². The minimum Gasteiger partial charge on any atom is -0.300 e. The van der Waals surface area contributed by atoms with Crippen LogP contribution in [0.25, 0.3) is 0 Å². The van der Waals surface area contributed by atoms with Crippen molar-refractivity contribution in [3.8, 4) is 0 Å². The van der Waals surface area contributed by atoms with E-state index in [9.17, 15) is 8.78 Å². The molecule has 1 heterocycles. The molecule has 0 aliphatic carbocycles. The van der Waals surface area contributed by atoms with Crippen molar-refractivity contribution >= 4 is 0 Å². The molecule has 0 aromatic carbocycles. The van der Waals surface area contributed by atoms with E-state index >= 15 is 0 Å². The number of piperidine rings is 1. The van der Waals surface area contributed by atoms with Crippen LogP contribution < -0.4 is 0 Å². The lowest BCUT2D eigenvalue weighted by molar-refractivity contribution is 0.0219. The first kappa shape index (κ1) is 11.9. The normalized spacial score (nSPS) is 34.7. The lowest BCUT2D eigenvalue weighted by Gasteiger charge is -2.45. The number of rotatable bonds is 4. The predicted molar refractivity (Wildman–Crippen MR) is 54.9 cm³/mol. The lowest BCUT2D eigenvalue weighted by atomic mass is 9.71. The molecule has 1 aliphatic rings. The highest BCUT2D eigenvalue weighted by Gasteiger charge is 2.37. The van der Waals surface area contributed by atoms with Crippen LogP contribution in [0.1, 0.15) is 26.7 Å². The van der Waals surface area contributed by atoms with E-state index in [1.165, 1.54) is 0 Å². The highest BCUT2D eigenvalue weighted by atomic mass is 19.1. The lowest BCUT2D eigenvalue weighted by Crippen LogP contribution is -2.48. The maximum atomic E-state index is 12.8. The molecule has 0 radical (unpaired) electrons. The summed E-state index contributed by atoms with van der Waals surface area (Å²) in [5.74, 6) is 0.170. The van der Waals surface area contributed by atoms with Gasteiger partial charge < -0.3 is 4.90 Å². The van der Waals surface area contributed by atoms with Crippen LogP contribution in [0.15, 0.2) is 0 Å². The summed E-state index contributed by atoms with van der Waals surface area (Å²) in [7, 11) is 0.